The number of phenols is 1. The molecule has 0 bridgehead atoms. The second kappa shape index (κ2) is 21.0. The van der Waals surface area contributed by atoms with Crippen molar-refractivity contribution in [2.24, 2.45) is 22.2 Å². The summed E-state index contributed by atoms with van der Waals surface area (Å²) in [5.74, 6) is -8.09. The number of carboxylic acids is 2. The first kappa shape index (κ1) is 41.9. The number of aromatic hydroxyl groups is 1. The van der Waals surface area contributed by atoms with Crippen molar-refractivity contribution in [3.8, 4) is 5.75 Å². The van der Waals surface area contributed by atoms with Crippen molar-refractivity contribution in [1.82, 2.24) is 36.6 Å². The number of carboxylic acid groups (broad SMARTS) is 2. The number of hydrogen-bond donors (Lipinski definition) is 13. The van der Waals surface area contributed by atoms with Crippen molar-refractivity contribution in [3.05, 3.63) is 48.0 Å². The van der Waals surface area contributed by atoms with E-state index in [2.05, 4.69) is 41.5 Å². The van der Waals surface area contributed by atoms with Crippen LogP contribution < -0.4 is 43.8 Å². The maximum Gasteiger partial charge on any atom is 0.326 e. The molecule has 5 unspecified atom stereocenters. The van der Waals surface area contributed by atoms with Crippen LogP contribution in [0.25, 0.3) is 0 Å². The van der Waals surface area contributed by atoms with Gasteiger partial charge in [-0.15, -0.1) is 0 Å². The molecule has 0 aliphatic carbocycles. The summed E-state index contributed by atoms with van der Waals surface area (Å²) in [6.07, 6.45) is 1.84. The van der Waals surface area contributed by atoms with Crippen LogP contribution in [-0.4, -0.2) is 128 Å². The number of phenolic OH excluding ortho intramolecular Hbond substituents is 1. The van der Waals surface area contributed by atoms with Crippen molar-refractivity contribution in [1.29, 1.82) is 0 Å². The number of nitrogens with zero attached hydrogens (tertiary/aromatic N) is 2. The molecule has 2 aromatic rings. The van der Waals surface area contributed by atoms with Crippen molar-refractivity contribution >= 4 is 47.4 Å². The predicted octanol–water partition coefficient (Wildman–Crippen LogP) is -5.11. The van der Waals surface area contributed by atoms with Gasteiger partial charge in [0.25, 0.3) is 0 Å². The average Bonchev–Trinajstić information content (AvgIpc) is 3.60. The third-order valence-corrected chi connectivity index (χ3v) is 7.18. The number of amides is 5. The monoisotopic (exact) mass is 733 g/mol. The number of aliphatic carboxylic acids is 2. The van der Waals surface area contributed by atoms with Gasteiger partial charge in [-0.1, -0.05) is 12.1 Å². The van der Waals surface area contributed by atoms with Gasteiger partial charge in [-0.25, -0.2) is 9.78 Å². The number of H-pyrrole nitrogens is 1. The van der Waals surface area contributed by atoms with E-state index < -0.39 is 91.3 Å². The molecule has 2 rings (SSSR count). The van der Waals surface area contributed by atoms with Gasteiger partial charge in [-0.3, -0.25) is 33.8 Å². The molecule has 0 spiro atoms. The number of aliphatic hydroxyl groups is 1. The Hall–Kier alpha value is -6.29. The van der Waals surface area contributed by atoms with E-state index in [1.165, 1.54) is 36.8 Å². The van der Waals surface area contributed by atoms with Crippen molar-refractivity contribution < 1.29 is 54.0 Å². The molecule has 5 amide bonds. The van der Waals surface area contributed by atoms with Crippen LogP contribution in [0.1, 0.15) is 30.5 Å². The molecule has 0 radical (unpaired) electrons. The molecule has 0 fully saturated rings. The summed E-state index contributed by atoms with van der Waals surface area (Å²) in [5, 5.41) is 49.2. The normalized spacial score (nSPS) is 13.6. The van der Waals surface area contributed by atoms with E-state index in [1.807, 2.05) is 0 Å². The highest BCUT2D eigenvalue weighted by Gasteiger charge is 2.32. The topological polar surface area (TPSA) is 380 Å². The summed E-state index contributed by atoms with van der Waals surface area (Å²) >= 11 is 0. The number of imidazole rings is 1. The Labute approximate surface area is 296 Å². The number of aliphatic imine (C=N–C) groups is 1. The lowest BCUT2D eigenvalue weighted by Crippen LogP contribution is -2.59. The van der Waals surface area contributed by atoms with Crippen LogP contribution in [0.5, 0.6) is 5.75 Å². The third-order valence-electron chi connectivity index (χ3n) is 7.18. The molecule has 0 saturated carbocycles. The van der Waals surface area contributed by atoms with Gasteiger partial charge in [0.15, 0.2) is 5.96 Å². The van der Waals surface area contributed by atoms with E-state index in [1.54, 1.807) is 0 Å². The van der Waals surface area contributed by atoms with Crippen LogP contribution in [0, 0.1) is 0 Å². The molecule has 1 aromatic heterocycles. The number of rotatable bonds is 22. The highest BCUT2D eigenvalue weighted by Crippen LogP contribution is 2.11. The maximum absolute atomic E-state index is 13.3. The van der Waals surface area contributed by atoms with Crippen LogP contribution in [0.4, 0.5) is 0 Å². The van der Waals surface area contributed by atoms with Gasteiger partial charge in [-0.05, 0) is 30.5 Å². The minimum atomic E-state index is -1.82. The zero-order chi connectivity index (χ0) is 38.8. The molecular weight excluding hydrogens is 690 g/mol. The second-order valence-corrected chi connectivity index (χ2v) is 11.3. The van der Waals surface area contributed by atoms with Gasteiger partial charge >= 0.3 is 11.9 Å². The molecule has 0 aliphatic rings. The lowest BCUT2D eigenvalue weighted by Gasteiger charge is -2.24. The number of aliphatic hydroxyl groups excluding tert-OH is 1. The predicted molar refractivity (Wildman–Crippen MR) is 180 cm³/mol. The summed E-state index contributed by atoms with van der Waals surface area (Å²) in [5.41, 5.74) is 17.4. The fourth-order valence-electron chi connectivity index (χ4n) is 4.48. The Morgan fingerprint density at radius 3 is 2.04 bits per heavy atom. The number of guanidine groups is 1. The Balaban J connectivity index is 2.06. The van der Waals surface area contributed by atoms with Gasteiger partial charge in [0.2, 0.25) is 29.5 Å². The number of carbonyl (C=O) groups is 7. The minimum Gasteiger partial charge on any atom is -0.508 e. The number of aromatic amines is 1. The lowest BCUT2D eigenvalue weighted by atomic mass is 10.1. The first-order valence-corrected chi connectivity index (χ1v) is 15.7. The minimum absolute atomic E-state index is 0.0442. The Morgan fingerprint density at radius 1 is 0.827 bits per heavy atom. The number of nitrogens with one attached hydrogen (secondary N) is 6. The lowest BCUT2D eigenvalue weighted by molar-refractivity contribution is -0.141. The van der Waals surface area contributed by atoms with Crippen molar-refractivity contribution in [2.45, 2.75) is 62.3 Å². The van der Waals surface area contributed by atoms with Gasteiger partial charge in [0.05, 0.1) is 31.9 Å². The molecule has 22 nitrogen and oxygen atoms in total. The quantitative estimate of drug-likeness (QED) is 0.0306. The van der Waals surface area contributed by atoms with Crippen molar-refractivity contribution in [3.63, 3.8) is 0 Å². The first-order valence-electron chi connectivity index (χ1n) is 15.7. The van der Waals surface area contributed by atoms with Crippen molar-refractivity contribution in [2.75, 3.05) is 19.7 Å². The number of aromatic nitrogens is 2. The highest BCUT2D eigenvalue weighted by molar-refractivity contribution is 5.97. The fraction of sp³-hybridized carbons (Fsp3) is 0.433. The number of carbonyl (C=O) groups excluding carboxylic acids is 5. The Kier molecular flexibility index (Phi) is 16.9. The third kappa shape index (κ3) is 15.1. The summed E-state index contributed by atoms with van der Waals surface area (Å²) in [6.45, 7) is -1.60. The van der Waals surface area contributed by atoms with Gasteiger partial charge < -0.3 is 69.2 Å². The zero-order valence-electron chi connectivity index (χ0n) is 27.8. The summed E-state index contributed by atoms with van der Waals surface area (Å²) in [7, 11) is 0. The van der Waals surface area contributed by atoms with E-state index >= 15 is 0 Å². The largest absolute Gasteiger partial charge is 0.508 e. The fourth-order valence-corrected chi connectivity index (χ4v) is 4.48. The summed E-state index contributed by atoms with van der Waals surface area (Å²) < 4.78 is 0. The first-order chi connectivity index (χ1) is 24.6. The van der Waals surface area contributed by atoms with Crippen LogP contribution in [-0.2, 0) is 46.4 Å². The molecule has 1 aromatic carbocycles. The maximum atomic E-state index is 13.3. The second-order valence-electron chi connectivity index (χ2n) is 11.3. The Bertz CT molecular complexity index is 1560. The van der Waals surface area contributed by atoms with E-state index in [0.29, 0.717) is 17.7 Å². The highest BCUT2D eigenvalue weighted by atomic mass is 16.4. The summed E-state index contributed by atoms with van der Waals surface area (Å²) in [4.78, 5) is 98.1. The van der Waals surface area contributed by atoms with Gasteiger partial charge in [0, 0.05) is 31.3 Å². The molecule has 1 heterocycles. The molecule has 22 heteroatoms. The molecule has 284 valence electrons. The SMILES string of the molecule is NC(N)=NCCCC(N)C(=O)NC(Cc1cnc[nH]1)C(=O)NC(CC(=O)O)C(=O)NC(CO)C(=O)NCC(=O)NC(Cc1ccc(O)cc1)C(=O)O. The van der Waals surface area contributed by atoms with E-state index in [-0.39, 0.29) is 37.5 Å². The van der Waals surface area contributed by atoms with Crippen LogP contribution >= 0.6 is 0 Å². The number of hydrogen-bond acceptors (Lipinski definition) is 12. The molecule has 5 atom stereocenters. The number of benzene rings is 1. The Morgan fingerprint density at radius 2 is 1.46 bits per heavy atom. The van der Waals surface area contributed by atoms with E-state index in [9.17, 15) is 54.0 Å². The molecule has 0 saturated heterocycles. The molecule has 52 heavy (non-hydrogen) atoms. The van der Waals surface area contributed by atoms with E-state index in [4.69, 9.17) is 17.2 Å². The average molecular weight is 734 g/mol. The zero-order valence-corrected chi connectivity index (χ0v) is 27.8. The molecular formula is C30H43N11O11. The van der Waals surface area contributed by atoms with E-state index in [0.717, 1.165) is 0 Å². The van der Waals surface area contributed by atoms with Gasteiger partial charge in [-0.2, -0.15) is 0 Å². The molecule has 16 N–H and O–H groups in total. The number of nitrogens with two attached hydrogens (primary N) is 3. The standard InChI is InChI=1S/C30H43N11O11/c31-18(2-1-7-35-30(32)33)25(47)39-19(9-16-11-34-14-37-16)27(49)40-20(10-24(45)46)28(50)41-22(13-42)26(48)36-12-23(44)38-21(29(51)52)8-15-3-5-17(43)6-4-15/h3-6,11,14,18-22,42-43H,1-2,7-10,12-13,31H2,(H,34,37)(H,36,48)(H,38,44)(H,39,47)(H,40,49)(H,41,50)(H,45,46)(H,51,52)(H4,32,33,35). The van der Waals surface area contributed by atoms with Crippen LogP contribution in [0.15, 0.2) is 41.8 Å². The smallest absolute Gasteiger partial charge is 0.326 e. The molecule has 0 aliphatic heterocycles. The van der Waals surface area contributed by atoms with Gasteiger partial charge in [0.1, 0.15) is 29.9 Å². The summed E-state index contributed by atoms with van der Waals surface area (Å²) in [6, 6.07) is -1.86. The van der Waals surface area contributed by atoms with Crippen LogP contribution in [0.2, 0.25) is 0 Å². The van der Waals surface area contributed by atoms with Crippen LogP contribution in [0.3, 0.4) is 0 Å².